The SMILES string of the molecule is Cc1cc(O)c2cc(C)c(S(=O)(=O)O)cc2c1. The van der Waals surface area contributed by atoms with Gasteiger partial charge in [-0.2, -0.15) is 8.42 Å². The molecule has 5 heteroatoms. The first kappa shape index (κ1) is 11.9. The Morgan fingerprint density at radius 1 is 1.06 bits per heavy atom. The van der Waals surface area contributed by atoms with Gasteiger partial charge < -0.3 is 5.11 Å². The van der Waals surface area contributed by atoms with Crippen LogP contribution in [-0.4, -0.2) is 18.1 Å². The second kappa shape index (κ2) is 3.72. The molecule has 0 saturated heterocycles. The lowest BCUT2D eigenvalue weighted by Crippen LogP contribution is -2.00. The first-order valence-corrected chi connectivity index (χ1v) is 6.44. The summed E-state index contributed by atoms with van der Waals surface area (Å²) in [4.78, 5) is -0.130. The Bertz CT molecular complexity index is 702. The summed E-state index contributed by atoms with van der Waals surface area (Å²) in [6, 6.07) is 6.28. The molecule has 0 spiro atoms. The van der Waals surface area contributed by atoms with Crippen molar-refractivity contribution in [3.8, 4) is 5.75 Å². The Hall–Kier alpha value is -1.59. The summed E-state index contributed by atoms with van der Waals surface area (Å²) in [7, 11) is -4.23. The Morgan fingerprint density at radius 3 is 2.29 bits per heavy atom. The van der Waals surface area contributed by atoms with Gasteiger partial charge >= 0.3 is 0 Å². The first-order chi connectivity index (χ1) is 7.79. The summed E-state index contributed by atoms with van der Waals surface area (Å²) in [5.41, 5.74) is 1.22. The fourth-order valence-electron chi connectivity index (χ4n) is 1.90. The zero-order valence-electron chi connectivity index (χ0n) is 9.43. The van der Waals surface area contributed by atoms with Crippen molar-refractivity contribution < 1.29 is 18.1 Å². The molecule has 2 rings (SSSR count). The predicted molar refractivity (Wildman–Crippen MR) is 64.9 cm³/mol. The number of hydrogen-bond donors (Lipinski definition) is 2. The smallest absolute Gasteiger partial charge is 0.294 e. The molecule has 0 radical (unpaired) electrons. The third-order valence-electron chi connectivity index (χ3n) is 2.65. The molecule has 90 valence electrons. The lowest BCUT2D eigenvalue weighted by Gasteiger charge is -2.08. The zero-order valence-corrected chi connectivity index (χ0v) is 10.2. The summed E-state index contributed by atoms with van der Waals surface area (Å²) >= 11 is 0. The Balaban J connectivity index is 2.90. The van der Waals surface area contributed by atoms with Crippen molar-refractivity contribution in [2.45, 2.75) is 18.7 Å². The van der Waals surface area contributed by atoms with Gasteiger partial charge in [-0.15, -0.1) is 0 Å². The average Bonchev–Trinajstić information content (AvgIpc) is 2.16. The summed E-state index contributed by atoms with van der Waals surface area (Å²) in [5, 5.41) is 10.9. The molecular weight excluding hydrogens is 240 g/mol. The quantitative estimate of drug-likeness (QED) is 0.764. The van der Waals surface area contributed by atoms with Gasteiger partial charge in [-0.05, 0) is 48.6 Å². The van der Waals surface area contributed by atoms with E-state index in [1.807, 2.05) is 0 Å². The lowest BCUT2D eigenvalue weighted by molar-refractivity contribution is 0.479. The normalized spacial score (nSPS) is 11.9. The van der Waals surface area contributed by atoms with Crippen molar-refractivity contribution in [2.75, 3.05) is 0 Å². The number of phenolic OH excluding ortho intramolecular Hbond substituents is 1. The summed E-state index contributed by atoms with van der Waals surface area (Å²) in [6.07, 6.45) is 0. The van der Waals surface area contributed by atoms with Crippen LogP contribution in [0.1, 0.15) is 11.1 Å². The van der Waals surface area contributed by atoms with Gasteiger partial charge in [0, 0.05) is 5.39 Å². The molecule has 0 saturated carbocycles. The van der Waals surface area contributed by atoms with Crippen LogP contribution >= 0.6 is 0 Å². The van der Waals surface area contributed by atoms with E-state index in [0.29, 0.717) is 16.3 Å². The van der Waals surface area contributed by atoms with E-state index in [2.05, 4.69) is 0 Å². The molecule has 0 aromatic heterocycles. The van der Waals surface area contributed by atoms with Crippen molar-refractivity contribution in [1.29, 1.82) is 0 Å². The molecule has 0 aliphatic heterocycles. The molecule has 4 nitrogen and oxygen atoms in total. The van der Waals surface area contributed by atoms with Gasteiger partial charge in [-0.25, -0.2) is 0 Å². The highest BCUT2D eigenvalue weighted by Gasteiger charge is 2.15. The van der Waals surface area contributed by atoms with E-state index < -0.39 is 10.1 Å². The molecule has 17 heavy (non-hydrogen) atoms. The maximum Gasteiger partial charge on any atom is 0.294 e. The standard InChI is InChI=1S/C12H12O4S/c1-7-3-9-6-12(17(14,15)16)8(2)5-10(9)11(13)4-7/h3-6,13H,1-2H3,(H,14,15,16). The average molecular weight is 252 g/mol. The minimum atomic E-state index is -4.23. The summed E-state index contributed by atoms with van der Waals surface area (Å²) < 4.78 is 31.4. The number of fused-ring (bicyclic) bond motifs is 1. The summed E-state index contributed by atoms with van der Waals surface area (Å²) in [5.74, 6) is 0.102. The molecule has 2 aromatic rings. The second-order valence-electron chi connectivity index (χ2n) is 4.10. The molecule has 0 amide bonds. The van der Waals surface area contributed by atoms with Crippen LogP contribution in [0.25, 0.3) is 10.8 Å². The highest BCUT2D eigenvalue weighted by molar-refractivity contribution is 7.85. The first-order valence-electron chi connectivity index (χ1n) is 5.00. The van der Waals surface area contributed by atoms with Crippen molar-refractivity contribution >= 4 is 20.9 Å². The van der Waals surface area contributed by atoms with E-state index in [9.17, 15) is 13.5 Å². The molecule has 0 aliphatic rings. The highest BCUT2D eigenvalue weighted by Crippen LogP contribution is 2.30. The van der Waals surface area contributed by atoms with Crippen LogP contribution in [0.5, 0.6) is 5.75 Å². The molecule has 2 N–H and O–H groups in total. The van der Waals surface area contributed by atoms with Crippen LogP contribution in [0.3, 0.4) is 0 Å². The largest absolute Gasteiger partial charge is 0.507 e. The van der Waals surface area contributed by atoms with Crippen LogP contribution in [0.15, 0.2) is 29.2 Å². The minimum Gasteiger partial charge on any atom is -0.507 e. The van der Waals surface area contributed by atoms with Crippen LogP contribution in [0.4, 0.5) is 0 Å². The number of hydrogen-bond acceptors (Lipinski definition) is 3. The maximum atomic E-state index is 11.2. The van der Waals surface area contributed by atoms with Gasteiger partial charge in [0.2, 0.25) is 0 Å². The number of aryl methyl sites for hydroxylation is 2. The fraction of sp³-hybridized carbons (Fsp3) is 0.167. The van der Waals surface area contributed by atoms with Gasteiger partial charge in [0.15, 0.2) is 0 Å². The van der Waals surface area contributed by atoms with Crippen molar-refractivity contribution in [1.82, 2.24) is 0 Å². The maximum absolute atomic E-state index is 11.2. The third-order valence-corrected chi connectivity index (χ3v) is 3.64. The van der Waals surface area contributed by atoms with Crippen molar-refractivity contribution in [3.05, 3.63) is 35.4 Å². The van der Waals surface area contributed by atoms with E-state index in [-0.39, 0.29) is 10.6 Å². The molecule has 0 atom stereocenters. The van der Waals surface area contributed by atoms with Crippen LogP contribution in [0.2, 0.25) is 0 Å². The van der Waals surface area contributed by atoms with Gasteiger partial charge in [0.05, 0.1) is 4.90 Å². The Kier molecular flexibility index (Phi) is 2.60. The second-order valence-corrected chi connectivity index (χ2v) is 5.49. The van der Waals surface area contributed by atoms with E-state index in [0.717, 1.165) is 5.56 Å². The third kappa shape index (κ3) is 2.11. The van der Waals surface area contributed by atoms with E-state index in [1.54, 1.807) is 32.0 Å². The molecule has 0 aliphatic carbocycles. The van der Waals surface area contributed by atoms with Crippen LogP contribution in [-0.2, 0) is 10.1 Å². The van der Waals surface area contributed by atoms with Crippen molar-refractivity contribution in [2.24, 2.45) is 0 Å². The minimum absolute atomic E-state index is 0.102. The van der Waals surface area contributed by atoms with Gasteiger partial charge in [-0.1, -0.05) is 6.07 Å². The monoisotopic (exact) mass is 252 g/mol. The zero-order chi connectivity index (χ0) is 12.8. The van der Waals surface area contributed by atoms with Gasteiger partial charge in [0.25, 0.3) is 10.1 Å². The lowest BCUT2D eigenvalue weighted by atomic mass is 10.0. The molecular formula is C12H12O4S. The van der Waals surface area contributed by atoms with E-state index in [4.69, 9.17) is 4.55 Å². The van der Waals surface area contributed by atoms with Crippen LogP contribution in [0, 0.1) is 13.8 Å². The highest BCUT2D eigenvalue weighted by atomic mass is 32.2. The fourth-order valence-corrected chi connectivity index (χ4v) is 2.64. The molecule has 0 heterocycles. The molecule has 2 aromatic carbocycles. The van der Waals surface area contributed by atoms with Gasteiger partial charge in [0.1, 0.15) is 5.75 Å². The molecule has 0 fully saturated rings. The van der Waals surface area contributed by atoms with E-state index in [1.165, 1.54) is 6.07 Å². The predicted octanol–water partition coefficient (Wildman–Crippen LogP) is 2.41. The van der Waals surface area contributed by atoms with Gasteiger partial charge in [-0.3, -0.25) is 4.55 Å². The van der Waals surface area contributed by atoms with Crippen molar-refractivity contribution in [3.63, 3.8) is 0 Å². The van der Waals surface area contributed by atoms with E-state index >= 15 is 0 Å². The number of benzene rings is 2. The number of phenols is 1. The molecule has 0 unspecified atom stereocenters. The summed E-state index contributed by atoms with van der Waals surface area (Å²) in [6.45, 7) is 3.37. The topological polar surface area (TPSA) is 74.6 Å². The number of rotatable bonds is 1. The Labute approximate surface area is 99.3 Å². The Morgan fingerprint density at radius 2 is 1.71 bits per heavy atom. The molecule has 0 bridgehead atoms. The van der Waals surface area contributed by atoms with Crippen LogP contribution < -0.4 is 0 Å². The number of aromatic hydroxyl groups is 1.